The second-order valence-corrected chi connectivity index (χ2v) is 9.97. The monoisotopic (exact) mass is 404 g/mol. The van der Waals surface area contributed by atoms with E-state index in [1.165, 1.54) is 38.4 Å². The third-order valence-corrected chi connectivity index (χ3v) is 8.71. The number of benzene rings is 4. The Morgan fingerprint density at radius 3 is 1.77 bits per heavy atom. The fourth-order valence-corrected chi connectivity index (χ4v) is 7.45. The summed E-state index contributed by atoms with van der Waals surface area (Å²) in [6.45, 7) is 2.27. The minimum atomic E-state index is -0.617. The summed E-state index contributed by atoms with van der Waals surface area (Å²) in [6.07, 6.45) is 3.45. The molecule has 1 unspecified atom stereocenters. The summed E-state index contributed by atoms with van der Waals surface area (Å²) in [5.74, 6) is 0. The smallest absolute Gasteiger partial charge is 0.0384 e. The van der Waals surface area contributed by atoms with Crippen LogP contribution in [0, 0.1) is 0 Å². The van der Waals surface area contributed by atoms with Crippen LogP contribution in [0.15, 0.2) is 109 Å². The highest BCUT2D eigenvalue weighted by molar-refractivity contribution is 7.73. The van der Waals surface area contributed by atoms with Gasteiger partial charge in [-0.3, -0.25) is 0 Å². The first kappa shape index (κ1) is 19.0. The first-order chi connectivity index (χ1) is 14.9. The third kappa shape index (κ3) is 3.42. The van der Waals surface area contributed by atoms with Crippen LogP contribution in [0.5, 0.6) is 0 Å². The summed E-state index contributed by atoms with van der Waals surface area (Å²) in [6, 6.07) is 40.2. The van der Waals surface area contributed by atoms with Gasteiger partial charge in [0.25, 0.3) is 0 Å². The first-order valence-corrected chi connectivity index (χ1v) is 12.1. The predicted molar refractivity (Wildman–Crippen MR) is 132 cm³/mol. The maximum Gasteiger partial charge on any atom is 0.0384 e. The predicted octanol–water partition coefficient (Wildman–Crippen LogP) is 7.17. The van der Waals surface area contributed by atoms with Crippen molar-refractivity contribution in [2.45, 2.75) is 19.0 Å². The summed E-state index contributed by atoms with van der Waals surface area (Å²) in [4.78, 5) is 0. The Bertz CT molecular complexity index is 1140. The van der Waals surface area contributed by atoms with E-state index in [1.54, 1.807) is 0 Å². The molecule has 0 saturated carbocycles. The topological polar surface area (TPSA) is 0 Å². The zero-order valence-corrected chi connectivity index (χ0v) is 18.1. The first-order valence-electron chi connectivity index (χ1n) is 10.6. The highest BCUT2D eigenvalue weighted by Gasteiger charge is 2.32. The molecule has 0 saturated heterocycles. The molecule has 1 aliphatic carbocycles. The zero-order valence-electron chi connectivity index (χ0n) is 17.2. The lowest BCUT2D eigenvalue weighted by molar-refractivity contribution is 1.13. The Morgan fingerprint density at radius 1 is 0.600 bits per heavy atom. The molecule has 4 aromatic rings. The fraction of sp³-hybridized carbons (Fsp3) is 0.103. The van der Waals surface area contributed by atoms with Crippen molar-refractivity contribution in [1.29, 1.82) is 0 Å². The van der Waals surface area contributed by atoms with Gasteiger partial charge in [0, 0.05) is 5.66 Å². The van der Waals surface area contributed by atoms with Gasteiger partial charge < -0.3 is 0 Å². The molecule has 0 bridgehead atoms. The van der Waals surface area contributed by atoms with E-state index >= 15 is 0 Å². The van der Waals surface area contributed by atoms with Crippen molar-refractivity contribution < 1.29 is 0 Å². The maximum absolute atomic E-state index is 2.41. The van der Waals surface area contributed by atoms with Crippen LogP contribution < -0.4 is 10.6 Å². The van der Waals surface area contributed by atoms with Crippen molar-refractivity contribution >= 4 is 30.2 Å². The molecular weight excluding hydrogens is 379 g/mol. The van der Waals surface area contributed by atoms with Crippen molar-refractivity contribution in [2.24, 2.45) is 0 Å². The van der Waals surface area contributed by atoms with Gasteiger partial charge in [0.15, 0.2) is 0 Å². The second kappa shape index (κ2) is 8.42. The van der Waals surface area contributed by atoms with Crippen LogP contribution in [0.4, 0.5) is 0 Å². The molecule has 0 N–H and O–H groups in total. The highest BCUT2D eigenvalue weighted by atomic mass is 31.1. The van der Waals surface area contributed by atoms with E-state index in [0.29, 0.717) is 5.66 Å². The standard InChI is InChI=1S/C29H25P/c1-2-22-21-23-13-9-10-19-27(23)29(28-20-12-11-18-26(22)28)30(24-14-5-3-6-15-24)25-16-7-4-8-17-25/h3-21,29H,2H2,1H3. The number of hydrogen-bond acceptors (Lipinski definition) is 0. The van der Waals surface area contributed by atoms with E-state index < -0.39 is 7.92 Å². The van der Waals surface area contributed by atoms with Crippen LogP contribution in [0.2, 0.25) is 0 Å². The summed E-state index contributed by atoms with van der Waals surface area (Å²) < 4.78 is 0. The van der Waals surface area contributed by atoms with Crippen LogP contribution in [0.3, 0.4) is 0 Å². The van der Waals surface area contributed by atoms with Crippen LogP contribution in [0.1, 0.15) is 41.3 Å². The average Bonchev–Trinajstić information content (AvgIpc) is 2.96. The van der Waals surface area contributed by atoms with Gasteiger partial charge in [-0.1, -0.05) is 122 Å². The Labute approximate surface area is 180 Å². The Kier molecular flexibility index (Phi) is 5.35. The molecule has 146 valence electrons. The fourth-order valence-electron chi connectivity index (χ4n) is 4.55. The van der Waals surface area contributed by atoms with Gasteiger partial charge in [-0.2, -0.15) is 0 Å². The molecular formula is C29H25P. The molecule has 0 aliphatic heterocycles. The minimum Gasteiger partial charge on any atom is -0.0622 e. The van der Waals surface area contributed by atoms with Crippen molar-refractivity contribution in [1.82, 2.24) is 0 Å². The molecule has 0 heterocycles. The van der Waals surface area contributed by atoms with E-state index in [9.17, 15) is 0 Å². The van der Waals surface area contributed by atoms with Gasteiger partial charge in [0.05, 0.1) is 0 Å². The Balaban J connectivity index is 1.83. The van der Waals surface area contributed by atoms with Crippen LogP contribution in [-0.2, 0) is 0 Å². The number of rotatable bonds is 4. The van der Waals surface area contributed by atoms with Crippen LogP contribution in [-0.4, -0.2) is 0 Å². The van der Waals surface area contributed by atoms with E-state index in [2.05, 4.69) is 122 Å². The van der Waals surface area contributed by atoms with Crippen molar-refractivity contribution in [2.75, 3.05) is 0 Å². The normalized spacial score (nSPS) is 15.1. The molecule has 1 heteroatoms. The highest BCUT2D eigenvalue weighted by Crippen LogP contribution is 2.56. The summed E-state index contributed by atoms with van der Waals surface area (Å²) in [5, 5.41) is 2.85. The van der Waals surface area contributed by atoms with Crippen molar-refractivity contribution in [3.63, 3.8) is 0 Å². The molecule has 4 aromatic carbocycles. The molecule has 0 nitrogen and oxygen atoms in total. The van der Waals surface area contributed by atoms with Gasteiger partial charge in [0.1, 0.15) is 0 Å². The second-order valence-electron chi connectivity index (χ2n) is 7.68. The largest absolute Gasteiger partial charge is 0.0622 e. The quantitative estimate of drug-likeness (QED) is 0.316. The van der Waals surface area contributed by atoms with E-state index in [1.807, 2.05) is 0 Å². The lowest BCUT2D eigenvalue weighted by Gasteiger charge is -2.31. The van der Waals surface area contributed by atoms with Crippen LogP contribution in [0.25, 0.3) is 11.6 Å². The molecule has 1 aliphatic rings. The molecule has 30 heavy (non-hydrogen) atoms. The SMILES string of the molecule is CCC1=Cc2ccccc2C(P(c2ccccc2)c2ccccc2)c2ccccc21. The summed E-state index contributed by atoms with van der Waals surface area (Å²) >= 11 is 0. The minimum absolute atomic E-state index is 0.317. The number of hydrogen-bond donors (Lipinski definition) is 0. The average molecular weight is 404 g/mol. The van der Waals surface area contributed by atoms with Gasteiger partial charge in [0.2, 0.25) is 0 Å². The molecule has 0 aromatic heterocycles. The van der Waals surface area contributed by atoms with Crippen molar-refractivity contribution in [3.8, 4) is 0 Å². The molecule has 0 radical (unpaired) electrons. The zero-order chi connectivity index (χ0) is 20.3. The molecule has 1 atom stereocenters. The lowest BCUT2D eigenvalue weighted by atomic mass is 9.96. The summed E-state index contributed by atoms with van der Waals surface area (Å²) in [7, 11) is -0.617. The van der Waals surface area contributed by atoms with Crippen molar-refractivity contribution in [3.05, 3.63) is 131 Å². The number of fused-ring (bicyclic) bond motifs is 2. The molecule has 0 amide bonds. The van der Waals surface area contributed by atoms with Crippen LogP contribution >= 0.6 is 7.92 Å². The molecule has 0 spiro atoms. The van der Waals surface area contributed by atoms with E-state index in [-0.39, 0.29) is 0 Å². The van der Waals surface area contributed by atoms with E-state index in [4.69, 9.17) is 0 Å². The number of allylic oxidation sites excluding steroid dienone is 1. The lowest BCUT2D eigenvalue weighted by Crippen LogP contribution is -2.18. The Morgan fingerprint density at radius 2 is 1.13 bits per heavy atom. The summed E-state index contributed by atoms with van der Waals surface area (Å²) in [5.41, 5.74) is 7.39. The van der Waals surface area contributed by atoms with Gasteiger partial charge >= 0.3 is 0 Å². The van der Waals surface area contributed by atoms with Gasteiger partial charge in [-0.05, 0) is 52.8 Å². The Hall–Kier alpha value is -2.95. The molecule has 0 fully saturated rings. The van der Waals surface area contributed by atoms with Gasteiger partial charge in [-0.25, -0.2) is 0 Å². The molecule has 5 rings (SSSR count). The van der Waals surface area contributed by atoms with E-state index in [0.717, 1.165) is 6.42 Å². The van der Waals surface area contributed by atoms with Gasteiger partial charge in [-0.15, -0.1) is 0 Å². The third-order valence-electron chi connectivity index (χ3n) is 5.93. The maximum atomic E-state index is 2.41.